The predicted octanol–water partition coefficient (Wildman–Crippen LogP) is 5.13. The Balaban J connectivity index is 1.64. The van der Waals surface area contributed by atoms with Gasteiger partial charge in [0.2, 0.25) is 18.7 Å². The molecule has 1 aromatic heterocycles. The molecule has 0 bridgehead atoms. The molecule has 1 N–H and O–H groups in total. The maximum Gasteiger partial charge on any atom is 0.343 e. The van der Waals surface area contributed by atoms with E-state index >= 15 is 0 Å². The number of carbonyl (C=O) groups is 4. The quantitative estimate of drug-likeness (QED) is 0.0328. The van der Waals surface area contributed by atoms with Gasteiger partial charge in [0.15, 0.2) is 0 Å². The van der Waals surface area contributed by atoms with Gasteiger partial charge in [-0.3, -0.25) is 5.43 Å². The van der Waals surface area contributed by atoms with E-state index in [1.165, 1.54) is 23.5 Å². The zero-order valence-electron chi connectivity index (χ0n) is 23.8. The Morgan fingerprint density at radius 1 is 0.844 bits per heavy atom. The highest BCUT2D eigenvalue weighted by Gasteiger charge is 2.13. The molecule has 0 spiro atoms. The number of benzene rings is 2. The number of hydrogen-bond donors (Lipinski definition) is 1. The third-order valence-corrected chi connectivity index (χ3v) is 6.13. The van der Waals surface area contributed by atoms with Gasteiger partial charge in [0.25, 0.3) is 0 Å². The van der Waals surface area contributed by atoms with Crippen LogP contribution in [0.5, 0.6) is 5.75 Å². The first kappa shape index (κ1) is 33.4. The Labute approximate surface area is 261 Å². The first-order valence-corrected chi connectivity index (χ1v) is 13.6. The third kappa shape index (κ3) is 11.3. The van der Waals surface area contributed by atoms with Gasteiger partial charge >= 0.3 is 23.9 Å². The fourth-order valence-electron chi connectivity index (χ4n) is 3.07. The summed E-state index contributed by atoms with van der Waals surface area (Å²) in [4.78, 5) is 51.6. The number of thiazole rings is 1. The van der Waals surface area contributed by atoms with Crippen molar-refractivity contribution in [2.24, 2.45) is 5.10 Å². The lowest BCUT2D eigenvalue weighted by Crippen LogP contribution is -2.11. The van der Waals surface area contributed by atoms with E-state index in [2.05, 4.69) is 46.6 Å². The van der Waals surface area contributed by atoms with Crippen LogP contribution in [0.2, 0.25) is 0 Å². The van der Waals surface area contributed by atoms with Crippen LogP contribution < -0.4 is 10.2 Å². The molecule has 0 aliphatic carbocycles. The first-order valence-electron chi connectivity index (χ1n) is 12.8. The molecule has 0 saturated heterocycles. The summed E-state index contributed by atoms with van der Waals surface area (Å²) in [6, 6.07) is 14.3. The predicted molar refractivity (Wildman–Crippen MR) is 168 cm³/mol. The number of para-hydroxylation sites is 1. The van der Waals surface area contributed by atoms with E-state index in [1.54, 1.807) is 30.5 Å². The minimum absolute atomic E-state index is 0.0671. The topological polar surface area (TPSA) is 152 Å². The molecule has 0 fully saturated rings. The summed E-state index contributed by atoms with van der Waals surface area (Å²) in [6.45, 7) is 12.8. The van der Waals surface area contributed by atoms with E-state index in [9.17, 15) is 19.2 Å². The number of allylic oxidation sites excluding steroid dienone is 1. The van der Waals surface area contributed by atoms with Gasteiger partial charge in [0, 0.05) is 23.8 Å². The van der Waals surface area contributed by atoms with Crippen LogP contribution in [0.3, 0.4) is 0 Å². The van der Waals surface area contributed by atoms with Gasteiger partial charge in [-0.2, -0.15) is 5.10 Å². The standard InChI is InChI=1S/C32H27N3O9S/c1-5-28(36)41-19-40-26(21(3)14-15-30(38)43-20-42-29(37)6-2)16-22(4)31(39)44-24-11-9-10-23(17-24)18-33-35-32-34-25-12-7-8-13-27(25)45-32/h5-18H,1-4,19-20H2,(H,34,35)/b15-14+,26-16+,33-18+. The van der Waals surface area contributed by atoms with Gasteiger partial charge in [-0.15, -0.1) is 0 Å². The SMILES string of the molecule is C=CC(=O)OCOC(=O)/C=C/C(=C)/C(=C\C(=C)C(=O)Oc1cccc(/C=N/Nc2nc3ccccc3s2)c1)OCOC(=O)C=C. The second-order valence-electron chi connectivity index (χ2n) is 8.39. The average Bonchev–Trinajstić information content (AvgIpc) is 3.45. The molecule has 230 valence electrons. The molecule has 2 aromatic carbocycles. The summed E-state index contributed by atoms with van der Waals surface area (Å²) in [7, 11) is 0. The molecule has 3 aromatic rings. The molecule has 0 unspecified atom stereocenters. The number of nitrogens with one attached hydrogen (secondary N) is 1. The largest absolute Gasteiger partial charge is 0.457 e. The number of carbonyl (C=O) groups excluding carboxylic acids is 4. The summed E-state index contributed by atoms with van der Waals surface area (Å²) < 4.78 is 26.0. The highest BCUT2D eigenvalue weighted by molar-refractivity contribution is 7.22. The number of hydrogen-bond acceptors (Lipinski definition) is 13. The molecule has 0 radical (unpaired) electrons. The molecule has 0 saturated carbocycles. The molecular formula is C32H27N3O9S. The monoisotopic (exact) mass is 629 g/mol. The number of rotatable bonds is 16. The molecule has 0 aliphatic rings. The Kier molecular flexibility index (Phi) is 12.7. The van der Waals surface area contributed by atoms with Gasteiger partial charge in [-0.1, -0.05) is 61.9 Å². The lowest BCUT2D eigenvalue weighted by molar-refractivity contribution is -0.160. The van der Waals surface area contributed by atoms with Crippen molar-refractivity contribution in [3.63, 3.8) is 0 Å². The zero-order chi connectivity index (χ0) is 32.6. The lowest BCUT2D eigenvalue weighted by atomic mass is 10.1. The maximum absolute atomic E-state index is 12.8. The van der Waals surface area contributed by atoms with Crippen molar-refractivity contribution in [3.8, 4) is 5.75 Å². The summed E-state index contributed by atoms with van der Waals surface area (Å²) >= 11 is 1.46. The van der Waals surface area contributed by atoms with E-state index < -0.39 is 37.5 Å². The zero-order valence-corrected chi connectivity index (χ0v) is 24.6. The first-order chi connectivity index (χ1) is 21.7. The van der Waals surface area contributed by atoms with Crippen molar-refractivity contribution in [2.45, 2.75) is 0 Å². The van der Waals surface area contributed by atoms with E-state index in [1.807, 2.05) is 24.3 Å². The van der Waals surface area contributed by atoms with Gasteiger partial charge in [0.05, 0.1) is 22.0 Å². The molecule has 12 nitrogen and oxygen atoms in total. The number of hydrazone groups is 1. The molecular weight excluding hydrogens is 602 g/mol. The van der Waals surface area contributed by atoms with Crippen LogP contribution in [0, 0.1) is 0 Å². The van der Waals surface area contributed by atoms with Crippen LogP contribution >= 0.6 is 11.3 Å². The van der Waals surface area contributed by atoms with Crippen molar-refractivity contribution in [1.82, 2.24) is 4.98 Å². The van der Waals surface area contributed by atoms with Gasteiger partial charge in [-0.25, -0.2) is 24.2 Å². The second kappa shape index (κ2) is 17.1. The summed E-state index contributed by atoms with van der Waals surface area (Å²) in [6.07, 6.45) is 6.73. The van der Waals surface area contributed by atoms with Crippen molar-refractivity contribution in [1.29, 1.82) is 0 Å². The van der Waals surface area contributed by atoms with E-state index in [0.29, 0.717) is 10.7 Å². The molecule has 0 aliphatic heterocycles. The van der Waals surface area contributed by atoms with Crippen LogP contribution in [-0.4, -0.2) is 48.7 Å². The van der Waals surface area contributed by atoms with Crippen molar-refractivity contribution < 1.29 is 42.9 Å². The Morgan fingerprint density at radius 3 is 2.24 bits per heavy atom. The van der Waals surface area contributed by atoms with Crippen LogP contribution in [0.25, 0.3) is 10.2 Å². The van der Waals surface area contributed by atoms with Crippen molar-refractivity contribution in [2.75, 3.05) is 19.0 Å². The molecule has 0 atom stereocenters. The normalized spacial score (nSPS) is 11.1. The number of fused-ring (bicyclic) bond motifs is 1. The van der Waals surface area contributed by atoms with Gasteiger partial charge in [0.1, 0.15) is 11.5 Å². The van der Waals surface area contributed by atoms with Crippen LogP contribution in [0.15, 0.2) is 127 Å². The highest BCUT2D eigenvalue weighted by Crippen LogP contribution is 2.25. The van der Waals surface area contributed by atoms with E-state index in [4.69, 9.17) is 18.9 Å². The Bertz CT molecular complexity index is 1690. The molecule has 1 heterocycles. The summed E-state index contributed by atoms with van der Waals surface area (Å²) in [5.74, 6) is -3.11. The van der Waals surface area contributed by atoms with Crippen LogP contribution in [0.1, 0.15) is 5.56 Å². The fourth-order valence-corrected chi connectivity index (χ4v) is 3.89. The van der Waals surface area contributed by atoms with Gasteiger partial charge < -0.3 is 23.7 Å². The fraction of sp³-hybridized carbons (Fsp3) is 0.0625. The van der Waals surface area contributed by atoms with Crippen LogP contribution in [0.4, 0.5) is 5.13 Å². The molecule has 45 heavy (non-hydrogen) atoms. The maximum atomic E-state index is 12.8. The Morgan fingerprint density at radius 2 is 1.53 bits per heavy atom. The van der Waals surface area contributed by atoms with Gasteiger partial charge in [-0.05, 0) is 42.0 Å². The molecule has 0 amide bonds. The number of anilines is 1. The van der Waals surface area contributed by atoms with Crippen molar-refractivity contribution in [3.05, 3.63) is 128 Å². The minimum Gasteiger partial charge on any atom is -0.457 e. The average molecular weight is 630 g/mol. The van der Waals surface area contributed by atoms with E-state index in [0.717, 1.165) is 28.4 Å². The number of esters is 4. The number of ether oxygens (including phenoxy) is 5. The number of nitrogens with zero attached hydrogens (tertiary/aromatic N) is 2. The summed E-state index contributed by atoms with van der Waals surface area (Å²) in [5, 5.41) is 4.82. The second-order valence-corrected chi connectivity index (χ2v) is 9.42. The highest BCUT2D eigenvalue weighted by atomic mass is 32.1. The third-order valence-electron chi connectivity index (χ3n) is 5.19. The minimum atomic E-state index is -0.873. The van der Waals surface area contributed by atoms with Crippen LogP contribution in [-0.2, 0) is 38.1 Å². The van der Waals surface area contributed by atoms with Crippen molar-refractivity contribution >= 4 is 56.8 Å². The Hall–Kier alpha value is -6.08. The molecule has 13 heteroatoms. The van der Waals surface area contributed by atoms with E-state index in [-0.39, 0.29) is 22.7 Å². The molecule has 3 rings (SSSR count). The number of aromatic nitrogens is 1. The lowest BCUT2D eigenvalue weighted by Gasteiger charge is -2.12. The summed E-state index contributed by atoms with van der Waals surface area (Å²) in [5.41, 5.74) is 4.28. The smallest absolute Gasteiger partial charge is 0.343 e.